The summed E-state index contributed by atoms with van der Waals surface area (Å²) in [5.74, 6) is 0.350. The lowest BCUT2D eigenvalue weighted by Gasteiger charge is -2.36. The maximum absolute atomic E-state index is 11.9. The van der Waals surface area contributed by atoms with Crippen molar-refractivity contribution in [2.75, 3.05) is 39.4 Å². The van der Waals surface area contributed by atoms with E-state index >= 15 is 0 Å². The summed E-state index contributed by atoms with van der Waals surface area (Å²) in [6.45, 7) is 5.23. The molecule has 1 aromatic carbocycles. The standard InChI is InChI=1S/C21H30N2O4/c1-2-27-20(26)22-10-8-16(9-11-22)23-12-18(25)21(14-23)17(13-24)19(21)15-6-4-3-5-7-15/h3-7,16-19,24-25H,2,8-14H2,1H3/t17-,18-,19-,21-/m1/s1. The number of aliphatic hydroxyl groups is 2. The number of carbonyl (C=O) groups is 1. The summed E-state index contributed by atoms with van der Waals surface area (Å²) in [6.07, 6.45) is 1.17. The van der Waals surface area contributed by atoms with E-state index in [0.717, 1.165) is 19.4 Å². The molecule has 0 unspecified atom stereocenters. The summed E-state index contributed by atoms with van der Waals surface area (Å²) in [6, 6.07) is 10.6. The number of amides is 1. The molecule has 3 fully saturated rings. The Morgan fingerprint density at radius 1 is 1.26 bits per heavy atom. The largest absolute Gasteiger partial charge is 0.450 e. The minimum atomic E-state index is -0.414. The van der Waals surface area contributed by atoms with E-state index in [1.165, 1.54) is 5.56 Å². The van der Waals surface area contributed by atoms with E-state index in [9.17, 15) is 15.0 Å². The summed E-state index contributed by atoms with van der Waals surface area (Å²) < 4.78 is 5.10. The minimum Gasteiger partial charge on any atom is -0.450 e. The zero-order chi connectivity index (χ0) is 19.0. The van der Waals surface area contributed by atoms with Crippen molar-refractivity contribution in [1.29, 1.82) is 0 Å². The summed E-state index contributed by atoms with van der Waals surface area (Å²) in [7, 11) is 0. The number of likely N-dealkylation sites (tertiary alicyclic amines) is 2. The Morgan fingerprint density at radius 2 is 1.96 bits per heavy atom. The first-order chi connectivity index (χ1) is 13.1. The highest BCUT2D eigenvalue weighted by Gasteiger charge is 2.71. The van der Waals surface area contributed by atoms with Gasteiger partial charge in [0.15, 0.2) is 0 Å². The van der Waals surface area contributed by atoms with Crippen LogP contribution in [-0.4, -0.2) is 77.6 Å². The molecule has 0 bridgehead atoms. The molecule has 1 saturated carbocycles. The van der Waals surface area contributed by atoms with Crippen LogP contribution in [0.1, 0.15) is 31.2 Å². The molecule has 6 heteroatoms. The third kappa shape index (κ3) is 3.13. The molecular formula is C21H30N2O4. The van der Waals surface area contributed by atoms with Crippen LogP contribution in [0.15, 0.2) is 30.3 Å². The van der Waals surface area contributed by atoms with Gasteiger partial charge in [-0.05, 0) is 37.2 Å². The molecule has 27 heavy (non-hydrogen) atoms. The highest BCUT2D eigenvalue weighted by atomic mass is 16.6. The molecule has 2 heterocycles. The van der Waals surface area contributed by atoms with E-state index < -0.39 is 6.10 Å². The molecule has 1 amide bonds. The fourth-order valence-corrected chi connectivity index (χ4v) is 5.51. The molecule has 6 nitrogen and oxygen atoms in total. The minimum absolute atomic E-state index is 0.117. The van der Waals surface area contributed by atoms with Gasteiger partial charge in [-0.15, -0.1) is 0 Å². The summed E-state index contributed by atoms with van der Waals surface area (Å²) in [5, 5.41) is 20.9. The molecular weight excluding hydrogens is 344 g/mol. The van der Waals surface area contributed by atoms with Crippen LogP contribution in [0.2, 0.25) is 0 Å². The van der Waals surface area contributed by atoms with Crippen molar-refractivity contribution in [1.82, 2.24) is 9.80 Å². The molecule has 4 rings (SSSR count). The first-order valence-electron chi connectivity index (χ1n) is 10.1. The van der Waals surface area contributed by atoms with Crippen LogP contribution in [0.3, 0.4) is 0 Å². The molecule has 1 spiro atoms. The second-order valence-corrected chi connectivity index (χ2v) is 8.15. The Hall–Kier alpha value is -1.63. The normalized spacial score (nSPS) is 34.2. The Kier molecular flexibility index (Phi) is 5.14. The van der Waals surface area contributed by atoms with Crippen LogP contribution >= 0.6 is 0 Å². The van der Waals surface area contributed by atoms with Gasteiger partial charge in [0.05, 0.1) is 12.7 Å². The number of carbonyl (C=O) groups excluding carboxylic acids is 1. The van der Waals surface area contributed by atoms with Crippen molar-refractivity contribution >= 4 is 6.09 Å². The molecule has 2 aliphatic heterocycles. The molecule has 148 valence electrons. The number of aliphatic hydroxyl groups excluding tert-OH is 2. The summed E-state index contributed by atoms with van der Waals surface area (Å²) in [5.41, 5.74) is 0.989. The molecule has 1 aliphatic carbocycles. The van der Waals surface area contributed by atoms with Crippen molar-refractivity contribution in [3.8, 4) is 0 Å². The first-order valence-corrected chi connectivity index (χ1v) is 10.1. The molecule has 2 saturated heterocycles. The lowest BCUT2D eigenvalue weighted by molar-refractivity contribution is 0.0761. The maximum Gasteiger partial charge on any atom is 0.409 e. The van der Waals surface area contributed by atoms with Gasteiger partial charge in [-0.3, -0.25) is 4.90 Å². The predicted molar refractivity (Wildman–Crippen MR) is 101 cm³/mol. The number of ether oxygens (including phenoxy) is 1. The van der Waals surface area contributed by atoms with Gasteiger partial charge in [0, 0.05) is 44.2 Å². The number of hydrogen-bond acceptors (Lipinski definition) is 5. The zero-order valence-corrected chi connectivity index (χ0v) is 16.0. The van der Waals surface area contributed by atoms with Gasteiger partial charge in [-0.2, -0.15) is 0 Å². The second-order valence-electron chi connectivity index (χ2n) is 8.15. The number of piperidine rings is 1. The Balaban J connectivity index is 1.41. The quantitative estimate of drug-likeness (QED) is 0.839. The number of hydrogen-bond donors (Lipinski definition) is 2. The lowest BCUT2D eigenvalue weighted by Crippen LogP contribution is -2.46. The fraction of sp³-hybridized carbons (Fsp3) is 0.667. The molecule has 2 N–H and O–H groups in total. The van der Waals surface area contributed by atoms with Gasteiger partial charge in [0.25, 0.3) is 0 Å². The number of benzene rings is 1. The van der Waals surface area contributed by atoms with Gasteiger partial charge in [0.2, 0.25) is 0 Å². The van der Waals surface area contributed by atoms with Crippen molar-refractivity contribution in [3.05, 3.63) is 35.9 Å². The van der Waals surface area contributed by atoms with Crippen LogP contribution in [-0.2, 0) is 4.74 Å². The van der Waals surface area contributed by atoms with E-state index in [1.54, 1.807) is 4.90 Å². The SMILES string of the molecule is CCOC(=O)N1CCC(N2C[C@@H](O)[C@@]3(C2)[C@H](CO)[C@H]3c2ccccc2)CC1. The van der Waals surface area contributed by atoms with E-state index in [2.05, 4.69) is 17.0 Å². The second kappa shape index (κ2) is 7.41. The molecule has 1 aromatic rings. The fourth-order valence-electron chi connectivity index (χ4n) is 5.51. The average Bonchev–Trinajstić information content (AvgIpc) is 3.24. The molecule has 4 atom stereocenters. The number of nitrogens with zero attached hydrogens (tertiary/aromatic N) is 2. The molecule has 0 aromatic heterocycles. The Morgan fingerprint density at radius 3 is 2.59 bits per heavy atom. The molecule has 0 radical (unpaired) electrons. The van der Waals surface area contributed by atoms with E-state index in [-0.39, 0.29) is 30.0 Å². The monoisotopic (exact) mass is 374 g/mol. The van der Waals surface area contributed by atoms with Gasteiger partial charge in [0.1, 0.15) is 0 Å². The molecule has 3 aliphatic rings. The maximum atomic E-state index is 11.9. The van der Waals surface area contributed by atoms with E-state index in [0.29, 0.717) is 32.3 Å². The first kappa shape index (κ1) is 18.7. The topological polar surface area (TPSA) is 73.2 Å². The number of β-amino-alcohol motifs (C(OH)–C–C–N with tert-alkyl or cyclic N) is 1. The van der Waals surface area contributed by atoms with Crippen LogP contribution in [0.5, 0.6) is 0 Å². The highest BCUT2D eigenvalue weighted by Crippen LogP contribution is 2.69. The average molecular weight is 374 g/mol. The van der Waals surface area contributed by atoms with E-state index in [1.807, 2.05) is 25.1 Å². The van der Waals surface area contributed by atoms with Crippen molar-refractivity contribution in [2.45, 2.75) is 37.8 Å². The van der Waals surface area contributed by atoms with Crippen molar-refractivity contribution < 1.29 is 19.7 Å². The summed E-state index contributed by atoms with van der Waals surface area (Å²) >= 11 is 0. The third-order valence-electron chi connectivity index (χ3n) is 6.93. The predicted octanol–water partition coefficient (Wildman–Crippen LogP) is 1.68. The van der Waals surface area contributed by atoms with Gasteiger partial charge in [-0.1, -0.05) is 30.3 Å². The van der Waals surface area contributed by atoms with Gasteiger partial charge < -0.3 is 19.8 Å². The smallest absolute Gasteiger partial charge is 0.409 e. The van der Waals surface area contributed by atoms with Crippen LogP contribution in [0, 0.1) is 11.3 Å². The van der Waals surface area contributed by atoms with Crippen LogP contribution in [0.25, 0.3) is 0 Å². The van der Waals surface area contributed by atoms with Gasteiger partial charge >= 0.3 is 6.09 Å². The Bertz CT molecular complexity index is 661. The van der Waals surface area contributed by atoms with Crippen molar-refractivity contribution in [2.24, 2.45) is 11.3 Å². The lowest BCUT2D eigenvalue weighted by atomic mass is 9.95. The highest BCUT2D eigenvalue weighted by molar-refractivity contribution is 5.67. The van der Waals surface area contributed by atoms with Crippen LogP contribution in [0.4, 0.5) is 4.79 Å². The third-order valence-corrected chi connectivity index (χ3v) is 6.93. The van der Waals surface area contributed by atoms with Crippen LogP contribution < -0.4 is 0 Å². The summed E-state index contributed by atoms with van der Waals surface area (Å²) in [4.78, 5) is 16.1. The van der Waals surface area contributed by atoms with Gasteiger partial charge in [-0.25, -0.2) is 4.79 Å². The van der Waals surface area contributed by atoms with E-state index in [4.69, 9.17) is 4.74 Å². The zero-order valence-electron chi connectivity index (χ0n) is 16.0. The number of rotatable bonds is 4. The van der Waals surface area contributed by atoms with Crippen molar-refractivity contribution in [3.63, 3.8) is 0 Å². The Labute approximate surface area is 160 Å².